The van der Waals surface area contributed by atoms with Crippen molar-refractivity contribution in [1.82, 2.24) is 10.3 Å². The molecule has 2 aromatic rings. The van der Waals surface area contributed by atoms with Crippen molar-refractivity contribution in [3.8, 4) is 0 Å². The Hall–Kier alpha value is -1.38. The van der Waals surface area contributed by atoms with Crippen LogP contribution in [0.25, 0.3) is 0 Å². The number of nitrogens with one attached hydrogen (secondary N) is 1. The molecule has 0 aliphatic heterocycles. The van der Waals surface area contributed by atoms with Crippen LogP contribution in [0.15, 0.2) is 48.8 Å². The molecule has 0 spiro atoms. The van der Waals surface area contributed by atoms with Gasteiger partial charge in [-0.2, -0.15) is 0 Å². The fourth-order valence-corrected chi connectivity index (χ4v) is 2.18. The van der Waals surface area contributed by atoms with Gasteiger partial charge in [0, 0.05) is 23.5 Å². The largest absolute Gasteiger partial charge is 0.314 e. The van der Waals surface area contributed by atoms with Gasteiger partial charge in [-0.05, 0) is 55.6 Å². The van der Waals surface area contributed by atoms with E-state index in [0.29, 0.717) is 6.04 Å². The van der Waals surface area contributed by atoms with E-state index in [4.69, 9.17) is 11.6 Å². The Balaban J connectivity index is 1.73. The van der Waals surface area contributed by atoms with E-state index in [2.05, 4.69) is 35.4 Å². The highest BCUT2D eigenvalue weighted by atomic mass is 35.5. The predicted octanol–water partition coefficient (Wildman–Crippen LogP) is 3.50. The van der Waals surface area contributed by atoms with Gasteiger partial charge < -0.3 is 5.32 Å². The van der Waals surface area contributed by atoms with Gasteiger partial charge in [-0.3, -0.25) is 4.98 Å². The molecule has 0 saturated carbocycles. The smallest absolute Gasteiger partial charge is 0.0406 e. The van der Waals surface area contributed by atoms with Crippen molar-refractivity contribution >= 4 is 11.6 Å². The van der Waals surface area contributed by atoms with E-state index in [0.717, 1.165) is 24.4 Å². The molecule has 1 aromatic heterocycles. The maximum Gasteiger partial charge on any atom is 0.0406 e. The van der Waals surface area contributed by atoms with Crippen molar-refractivity contribution in [3.63, 3.8) is 0 Å². The average Bonchev–Trinajstić information content (AvgIpc) is 2.43. The molecule has 0 fully saturated rings. The SMILES string of the molecule is CC(Cc1ccc(Cl)cc1)NCCc1cccnc1. The average molecular weight is 275 g/mol. The Morgan fingerprint density at radius 1 is 1.16 bits per heavy atom. The lowest BCUT2D eigenvalue weighted by atomic mass is 10.1. The highest BCUT2D eigenvalue weighted by Crippen LogP contribution is 2.11. The summed E-state index contributed by atoms with van der Waals surface area (Å²) in [5.74, 6) is 0. The van der Waals surface area contributed by atoms with Crippen LogP contribution in [-0.4, -0.2) is 17.6 Å². The van der Waals surface area contributed by atoms with Crippen molar-refractivity contribution in [1.29, 1.82) is 0 Å². The van der Waals surface area contributed by atoms with Gasteiger partial charge >= 0.3 is 0 Å². The van der Waals surface area contributed by atoms with Crippen LogP contribution in [0, 0.1) is 0 Å². The van der Waals surface area contributed by atoms with Gasteiger partial charge in [0.2, 0.25) is 0 Å². The van der Waals surface area contributed by atoms with Gasteiger partial charge in [0.05, 0.1) is 0 Å². The predicted molar refractivity (Wildman–Crippen MR) is 80.6 cm³/mol. The molecule has 0 saturated heterocycles. The highest BCUT2D eigenvalue weighted by Gasteiger charge is 2.03. The van der Waals surface area contributed by atoms with Crippen LogP contribution in [0.5, 0.6) is 0 Å². The molecule has 1 N–H and O–H groups in total. The summed E-state index contributed by atoms with van der Waals surface area (Å²) in [7, 11) is 0. The zero-order valence-corrected chi connectivity index (χ0v) is 11.9. The molecule has 1 unspecified atom stereocenters. The molecule has 1 aromatic carbocycles. The Bertz CT molecular complexity index is 482. The monoisotopic (exact) mass is 274 g/mol. The van der Waals surface area contributed by atoms with Gasteiger partial charge in [0.1, 0.15) is 0 Å². The van der Waals surface area contributed by atoms with Crippen LogP contribution in [0.2, 0.25) is 5.02 Å². The van der Waals surface area contributed by atoms with E-state index in [-0.39, 0.29) is 0 Å². The molecule has 100 valence electrons. The van der Waals surface area contributed by atoms with E-state index in [1.54, 1.807) is 6.20 Å². The van der Waals surface area contributed by atoms with E-state index in [9.17, 15) is 0 Å². The fraction of sp³-hybridized carbons (Fsp3) is 0.312. The lowest BCUT2D eigenvalue weighted by Gasteiger charge is -2.13. The Morgan fingerprint density at radius 3 is 2.63 bits per heavy atom. The zero-order valence-electron chi connectivity index (χ0n) is 11.1. The maximum atomic E-state index is 5.88. The molecule has 2 rings (SSSR count). The molecule has 2 nitrogen and oxygen atoms in total. The molecule has 0 radical (unpaired) electrons. The molecular weight excluding hydrogens is 256 g/mol. The quantitative estimate of drug-likeness (QED) is 0.872. The number of nitrogens with zero attached hydrogens (tertiary/aromatic N) is 1. The third kappa shape index (κ3) is 5.01. The first-order chi connectivity index (χ1) is 9.24. The second-order valence-electron chi connectivity index (χ2n) is 4.80. The van der Waals surface area contributed by atoms with Crippen LogP contribution in [0.4, 0.5) is 0 Å². The number of benzene rings is 1. The molecule has 1 heterocycles. The number of rotatable bonds is 6. The van der Waals surface area contributed by atoms with Crippen molar-refractivity contribution in [3.05, 3.63) is 64.9 Å². The third-order valence-corrected chi connectivity index (χ3v) is 3.34. The van der Waals surface area contributed by atoms with Crippen molar-refractivity contribution in [2.75, 3.05) is 6.54 Å². The number of pyridine rings is 1. The summed E-state index contributed by atoms with van der Waals surface area (Å²) >= 11 is 5.88. The van der Waals surface area contributed by atoms with Crippen molar-refractivity contribution < 1.29 is 0 Å². The minimum absolute atomic E-state index is 0.456. The summed E-state index contributed by atoms with van der Waals surface area (Å²) in [6.07, 6.45) is 5.76. The summed E-state index contributed by atoms with van der Waals surface area (Å²) in [5.41, 5.74) is 2.58. The highest BCUT2D eigenvalue weighted by molar-refractivity contribution is 6.30. The van der Waals surface area contributed by atoms with Gasteiger partial charge in [-0.15, -0.1) is 0 Å². The molecular formula is C16H19ClN2. The summed E-state index contributed by atoms with van der Waals surface area (Å²) in [4.78, 5) is 4.12. The van der Waals surface area contributed by atoms with Gasteiger partial charge in [-0.1, -0.05) is 29.8 Å². The van der Waals surface area contributed by atoms with Crippen LogP contribution in [0.1, 0.15) is 18.1 Å². The Kier molecular flexibility index (Phi) is 5.37. The van der Waals surface area contributed by atoms with Gasteiger partial charge in [0.15, 0.2) is 0 Å². The molecule has 19 heavy (non-hydrogen) atoms. The lowest BCUT2D eigenvalue weighted by Crippen LogP contribution is -2.29. The first-order valence-corrected chi connectivity index (χ1v) is 6.98. The normalized spacial score (nSPS) is 12.3. The number of halogens is 1. The van der Waals surface area contributed by atoms with E-state index < -0.39 is 0 Å². The molecule has 3 heteroatoms. The van der Waals surface area contributed by atoms with Gasteiger partial charge in [-0.25, -0.2) is 0 Å². The van der Waals surface area contributed by atoms with E-state index >= 15 is 0 Å². The first kappa shape index (κ1) is 14.0. The number of aromatic nitrogens is 1. The van der Waals surface area contributed by atoms with Crippen LogP contribution >= 0.6 is 11.6 Å². The minimum atomic E-state index is 0.456. The molecule has 0 bridgehead atoms. The van der Waals surface area contributed by atoms with Crippen molar-refractivity contribution in [2.24, 2.45) is 0 Å². The Morgan fingerprint density at radius 2 is 1.95 bits per heavy atom. The molecule has 0 aliphatic rings. The van der Waals surface area contributed by atoms with Gasteiger partial charge in [0.25, 0.3) is 0 Å². The summed E-state index contributed by atoms with van der Waals surface area (Å²) in [5, 5.41) is 4.33. The summed E-state index contributed by atoms with van der Waals surface area (Å²) in [6.45, 7) is 3.18. The van der Waals surface area contributed by atoms with Crippen molar-refractivity contribution in [2.45, 2.75) is 25.8 Å². The summed E-state index contributed by atoms with van der Waals surface area (Å²) in [6, 6.07) is 12.6. The van der Waals surface area contributed by atoms with Crippen LogP contribution in [-0.2, 0) is 12.8 Å². The lowest BCUT2D eigenvalue weighted by molar-refractivity contribution is 0.548. The van der Waals surface area contributed by atoms with Crippen LogP contribution < -0.4 is 5.32 Å². The third-order valence-electron chi connectivity index (χ3n) is 3.08. The molecule has 0 amide bonds. The van der Waals surface area contributed by atoms with Crippen LogP contribution in [0.3, 0.4) is 0 Å². The topological polar surface area (TPSA) is 24.9 Å². The van der Waals surface area contributed by atoms with E-state index in [1.807, 2.05) is 24.4 Å². The van der Waals surface area contributed by atoms with E-state index in [1.165, 1.54) is 11.1 Å². The first-order valence-electron chi connectivity index (χ1n) is 6.61. The zero-order chi connectivity index (χ0) is 13.5. The standard InChI is InChI=1S/C16H19ClN2/c1-13(11-14-4-6-16(17)7-5-14)19-10-8-15-3-2-9-18-12-15/h2-7,9,12-13,19H,8,10-11H2,1H3. The Labute approximate surface area is 119 Å². The second kappa shape index (κ2) is 7.27. The molecule has 0 aliphatic carbocycles. The second-order valence-corrected chi connectivity index (χ2v) is 5.23. The number of hydrogen-bond donors (Lipinski definition) is 1. The number of hydrogen-bond acceptors (Lipinski definition) is 2. The summed E-state index contributed by atoms with van der Waals surface area (Å²) < 4.78 is 0. The molecule has 1 atom stereocenters. The fourth-order valence-electron chi connectivity index (χ4n) is 2.06. The minimum Gasteiger partial charge on any atom is -0.314 e. The maximum absolute atomic E-state index is 5.88.